The summed E-state index contributed by atoms with van der Waals surface area (Å²) in [4.78, 5) is 14.9. The molecule has 5 heteroatoms. The van der Waals surface area contributed by atoms with Crippen molar-refractivity contribution < 1.29 is 4.42 Å². The van der Waals surface area contributed by atoms with Gasteiger partial charge in [0, 0.05) is 43.6 Å². The number of hydrogen-bond acceptors (Lipinski definition) is 4. The summed E-state index contributed by atoms with van der Waals surface area (Å²) in [5, 5.41) is 9.23. The third kappa shape index (κ3) is 4.39. The lowest BCUT2D eigenvalue weighted by Gasteiger charge is -2.13. The highest BCUT2D eigenvalue weighted by Crippen LogP contribution is 2.43. The maximum atomic E-state index is 7.00. The average Bonchev–Trinajstić information content (AvgIpc) is 3.74. The van der Waals surface area contributed by atoms with Crippen molar-refractivity contribution >= 4 is 65.3 Å². The van der Waals surface area contributed by atoms with Gasteiger partial charge in [0.25, 0.3) is 0 Å². The van der Waals surface area contributed by atoms with E-state index in [-0.39, 0.29) is 0 Å². The van der Waals surface area contributed by atoms with E-state index in [4.69, 9.17) is 19.4 Å². The van der Waals surface area contributed by atoms with Crippen molar-refractivity contribution in [1.29, 1.82) is 0 Å². The first-order valence-corrected chi connectivity index (χ1v) is 17.4. The lowest BCUT2D eigenvalue weighted by Crippen LogP contribution is -2.00. The van der Waals surface area contributed by atoms with Crippen LogP contribution in [0.4, 0.5) is 0 Å². The van der Waals surface area contributed by atoms with Crippen LogP contribution in [0.5, 0.6) is 0 Å². The number of hydrogen-bond donors (Lipinski definition) is 0. The van der Waals surface area contributed by atoms with E-state index in [1.165, 1.54) is 21.5 Å². The number of aromatic nitrogens is 4. The molecular weight excluding hydrogens is 637 g/mol. The monoisotopic (exact) mass is 664 g/mol. The van der Waals surface area contributed by atoms with E-state index in [2.05, 4.69) is 114 Å². The van der Waals surface area contributed by atoms with Crippen LogP contribution in [0.1, 0.15) is 0 Å². The van der Waals surface area contributed by atoms with Gasteiger partial charge in [-0.05, 0) is 52.6 Å². The van der Waals surface area contributed by atoms with Gasteiger partial charge >= 0.3 is 0 Å². The van der Waals surface area contributed by atoms with Crippen LogP contribution in [0.3, 0.4) is 0 Å². The van der Waals surface area contributed by atoms with E-state index >= 15 is 0 Å². The van der Waals surface area contributed by atoms with Crippen LogP contribution >= 0.6 is 0 Å². The fourth-order valence-corrected chi connectivity index (χ4v) is 7.75. The summed E-state index contributed by atoms with van der Waals surface area (Å²) in [6.07, 6.45) is 0. The quantitative estimate of drug-likeness (QED) is 0.188. The Kier molecular flexibility index (Phi) is 6.18. The summed E-state index contributed by atoms with van der Waals surface area (Å²) in [5.74, 6) is 1.85. The van der Waals surface area contributed by atoms with Crippen LogP contribution < -0.4 is 0 Å². The number of para-hydroxylation sites is 1. The average molecular weight is 665 g/mol. The molecule has 5 nitrogen and oxygen atoms in total. The summed E-state index contributed by atoms with van der Waals surface area (Å²) in [6, 6.07) is 59.2. The molecule has 242 valence electrons. The second-order valence-corrected chi connectivity index (χ2v) is 13.2. The molecule has 0 aliphatic heterocycles. The highest BCUT2D eigenvalue weighted by Gasteiger charge is 2.22. The predicted octanol–water partition coefficient (Wildman–Crippen LogP) is 12.2. The molecule has 0 bridgehead atoms. The van der Waals surface area contributed by atoms with Crippen molar-refractivity contribution in [3.8, 4) is 39.9 Å². The maximum absolute atomic E-state index is 7.00. The number of fused-ring (bicyclic) bond motifs is 8. The Morgan fingerprint density at radius 3 is 1.63 bits per heavy atom. The van der Waals surface area contributed by atoms with Crippen LogP contribution in [-0.2, 0) is 0 Å². The van der Waals surface area contributed by atoms with Gasteiger partial charge in [-0.3, -0.25) is 0 Å². The van der Waals surface area contributed by atoms with Crippen molar-refractivity contribution in [3.63, 3.8) is 0 Å². The van der Waals surface area contributed by atoms with Crippen molar-refractivity contribution in [1.82, 2.24) is 19.5 Å². The largest absolute Gasteiger partial charge is 0.454 e. The normalized spacial score (nSPS) is 11.8. The van der Waals surface area contributed by atoms with Crippen LogP contribution in [0.2, 0.25) is 0 Å². The molecule has 0 fully saturated rings. The molecule has 0 aliphatic rings. The van der Waals surface area contributed by atoms with E-state index in [0.717, 1.165) is 66.1 Å². The molecule has 52 heavy (non-hydrogen) atoms. The second kappa shape index (κ2) is 11.2. The molecule has 0 unspecified atom stereocenters. The number of rotatable bonds is 4. The zero-order valence-electron chi connectivity index (χ0n) is 27.9. The van der Waals surface area contributed by atoms with Gasteiger partial charge in [0.05, 0.1) is 16.7 Å². The van der Waals surface area contributed by atoms with E-state index in [9.17, 15) is 0 Å². The fourth-order valence-electron chi connectivity index (χ4n) is 7.75. The Balaban J connectivity index is 1.19. The Bertz CT molecular complexity index is 3120. The lowest BCUT2D eigenvalue weighted by molar-refractivity contribution is 0.667. The molecule has 0 aliphatic carbocycles. The SMILES string of the molecule is c1ccc(-c2nc(-c3ccccc3)nc(-c3ccc4c(c3)oc3c(-n5c6ccccc6c6cc7ccccc7cc65)c5ccccc5cc34)n2)cc1. The van der Waals surface area contributed by atoms with E-state index < -0.39 is 0 Å². The molecule has 0 radical (unpaired) electrons. The Hall–Kier alpha value is -7.11. The molecule has 8 aromatic carbocycles. The molecule has 0 N–H and O–H groups in total. The minimum Gasteiger partial charge on any atom is -0.454 e. The van der Waals surface area contributed by atoms with Gasteiger partial charge < -0.3 is 8.98 Å². The van der Waals surface area contributed by atoms with Crippen LogP contribution in [0, 0.1) is 0 Å². The smallest absolute Gasteiger partial charge is 0.164 e. The highest BCUT2D eigenvalue weighted by atomic mass is 16.3. The van der Waals surface area contributed by atoms with Crippen molar-refractivity contribution in [3.05, 3.63) is 170 Å². The Morgan fingerprint density at radius 2 is 0.923 bits per heavy atom. The van der Waals surface area contributed by atoms with Gasteiger partial charge in [-0.2, -0.15) is 0 Å². The van der Waals surface area contributed by atoms with Crippen LogP contribution in [-0.4, -0.2) is 19.5 Å². The van der Waals surface area contributed by atoms with Crippen molar-refractivity contribution in [2.45, 2.75) is 0 Å². The zero-order chi connectivity index (χ0) is 34.2. The van der Waals surface area contributed by atoms with E-state index in [1.807, 2.05) is 60.7 Å². The molecule has 11 aromatic rings. The summed E-state index contributed by atoms with van der Waals surface area (Å²) in [5.41, 5.74) is 7.66. The molecule has 0 atom stereocenters. The van der Waals surface area contributed by atoms with Gasteiger partial charge in [-0.25, -0.2) is 15.0 Å². The van der Waals surface area contributed by atoms with Gasteiger partial charge in [-0.1, -0.05) is 133 Å². The molecule has 0 saturated carbocycles. The topological polar surface area (TPSA) is 56.7 Å². The summed E-state index contributed by atoms with van der Waals surface area (Å²) in [7, 11) is 0. The fraction of sp³-hybridized carbons (Fsp3) is 0. The zero-order valence-corrected chi connectivity index (χ0v) is 27.9. The summed E-state index contributed by atoms with van der Waals surface area (Å²) < 4.78 is 9.40. The van der Waals surface area contributed by atoms with Crippen molar-refractivity contribution in [2.75, 3.05) is 0 Å². The van der Waals surface area contributed by atoms with Crippen LogP contribution in [0.15, 0.2) is 174 Å². The molecule has 0 saturated heterocycles. The molecular formula is C47H28N4O. The lowest BCUT2D eigenvalue weighted by atomic mass is 10.0. The van der Waals surface area contributed by atoms with Crippen molar-refractivity contribution in [2.24, 2.45) is 0 Å². The molecule has 0 amide bonds. The minimum absolute atomic E-state index is 0.592. The first-order chi connectivity index (χ1) is 25.8. The Labute approximate surface area is 298 Å². The standard InChI is InChI=1S/C47H28N4O/c1-3-13-29(14-4-1)45-48-46(30-15-5-2-6-16-30)50-47(49-45)34-23-24-37-39-26-33-19-9-10-20-35(33)43(44(39)52-42(37)28-34)51-40-22-12-11-21-36(40)38-25-31-17-7-8-18-32(31)27-41(38)51/h1-28H. The van der Waals surface area contributed by atoms with E-state index in [0.29, 0.717) is 17.5 Å². The first kappa shape index (κ1) is 28.7. The summed E-state index contributed by atoms with van der Waals surface area (Å²) in [6.45, 7) is 0. The maximum Gasteiger partial charge on any atom is 0.164 e. The predicted molar refractivity (Wildman–Crippen MR) is 213 cm³/mol. The third-order valence-corrected chi connectivity index (χ3v) is 10.2. The number of furan rings is 1. The molecule has 11 rings (SSSR count). The van der Waals surface area contributed by atoms with Gasteiger partial charge in [0.1, 0.15) is 5.58 Å². The minimum atomic E-state index is 0.592. The van der Waals surface area contributed by atoms with Gasteiger partial charge in [0.15, 0.2) is 23.1 Å². The van der Waals surface area contributed by atoms with Crippen LogP contribution in [0.25, 0.3) is 105 Å². The van der Waals surface area contributed by atoms with Gasteiger partial charge in [-0.15, -0.1) is 0 Å². The Morgan fingerprint density at radius 1 is 0.365 bits per heavy atom. The molecule has 3 aromatic heterocycles. The molecule has 3 heterocycles. The highest BCUT2D eigenvalue weighted by molar-refractivity contribution is 6.19. The first-order valence-electron chi connectivity index (χ1n) is 17.4. The second-order valence-electron chi connectivity index (χ2n) is 13.2. The molecule has 0 spiro atoms. The van der Waals surface area contributed by atoms with E-state index in [1.54, 1.807) is 0 Å². The number of nitrogens with zero attached hydrogens (tertiary/aromatic N) is 4. The third-order valence-electron chi connectivity index (χ3n) is 10.2. The summed E-state index contributed by atoms with van der Waals surface area (Å²) >= 11 is 0. The number of benzene rings is 8. The van der Waals surface area contributed by atoms with Gasteiger partial charge in [0.2, 0.25) is 0 Å².